The Morgan fingerprint density at radius 1 is 1.40 bits per heavy atom. The van der Waals surface area contributed by atoms with Crippen molar-refractivity contribution in [1.82, 2.24) is 15.2 Å². The lowest BCUT2D eigenvalue weighted by Crippen LogP contribution is -2.32. The number of fused-ring (bicyclic) bond motifs is 2. The molecule has 2 aliphatic rings. The molecular formula is C11H11N3O. The second-order valence-corrected chi connectivity index (χ2v) is 3.79. The normalized spacial score (nSPS) is 28.0. The van der Waals surface area contributed by atoms with Gasteiger partial charge in [-0.05, 0) is 12.1 Å². The maximum Gasteiger partial charge on any atom is 0.318 e. The molecule has 0 spiro atoms. The van der Waals surface area contributed by atoms with Gasteiger partial charge in [0.05, 0.1) is 17.8 Å². The summed E-state index contributed by atoms with van der Waals surface area (Å²) in [5.74, 6) is 0. The van der Waals surface area contributed by atoms with E-state index in [0.717, 1.165) is 12.2 Å². The first-order valence-electron chi connectivity index (χ1n) is 5.01. The van der Waals surface area contributed by atoms with Crippen LogP contribution in [0.1, 0.15) is 11.7 Å². The average molecular weight is 201 g/mol. The van der Waals surface area contributed by atoms with Crippen molar-refractivity contribution >= 4 is 6.03 Å². The van der Waals surface area contributed by atoms with Gasteiger partial charge in [-0.3, -0.25) is 4.98 Å². The maximum atomic E-state index is 11.6. The molecule has 1 aromatic heterocycles. The topological polar surface area (TPSA) is 45.2 Å². The summed E-state index contributed by atoms with van der Waals surface area (Å²) in [5, 5.41) is 2.89. The summed E-state index contributed by atoms with van der Waals surface area (Å²) in [5.41, 5.74) is 0.921. The van der Waals surface area contributed by atoms with Gasteiger partial charge in [0.1, 0.15) is 0 Å². The number of amides is 2. The minimum absolute atomic E-state index is 0.000605. The van der Waals surface area contributed by atoms with Crippen molar-refractivity contribution in [3.8, 4) is 0 Å². The Morgan fingerprint density at radius 3 is 3.13 bits per heavy atom. The van der Waals surface area contributed by atoms with Crippen LogP contribution in [0, 0.1) is 0 Å². The van der Waals surface area contributed by atoms with Gasteiger partial charge in [0.25, 0.3) is 0 Å². The first-order valence-corrected chi connectivity index (χ1v) is 5.01. The van der Waals surface area contributed by atoms with Crippen molar-refractivity contribution in [2.45, 2.75) is 12.1 Å². The molecule has 2 atom stereocenters. The van der Waals surface area contributed by atoms with Crippen LogP contribution in [0.25, 0.3) is 0 Å². The zero-order valence-electron chi connectivity index (χ0n) is 8.13. The highest BCUT2D eigenvalue weighted by Crippen LogP contribution is 2.27. The van der Waals surface area contributed by atoms with E-state index in [2.05, 4.69) is 10.3 Å². The van der Waals surface area contributed by atoms with Crippen LogP contribution in [0.15, 0.2) is 36.5 Å². The monoisotopic (exact) mass is 201 g/mol. The van der Waals surface area contributed by atoms with Gasteiger partial charge in [-0.15, -0.1) is 0 Å². The van der Waals surface area contributed by atoms with E-state index >= 15 is 0 Å². The molecule has 2 bridgehead atoms. The number of aromatic nitrogens is 1. The van der Waals surface area contributed by atoms with Crippen LogP contribution in [0.5, 0.6) is 0 Å². The van der Waals surface area contributed by atoms with Crippen LogP contribution >= 0.6 is 0 Å². The van der Waals surface area contributed by atoms with Crippen LogP contribution < -0.4 is 5.32 Å². The van der Waals surface area contributed by atoms with E-state index in [1.54, 1.807) is 6.20 Å². The fourth-order valence-corrected chi connectivity index (χ4v) is 2.08. The Bertz CT molecular complexity index is 415. The summed E-state index contributed by atoms with van der Waals surface area (Å²) >= 11 is 0. The Hall–Kier alpha value is -1.84. The molecular weight excluding hydrogens is 190 g/mol. The van der Waals surface area contributed by atoms with E-state index in [4.69, 9.17) is 0 Å². The Labute approximate surface area is 87.6 Å². The first-order chi connectivity index (χ1) is 7.34. The van der Waals surface area contributed by atoms with Gasteiger partial charge < -0.3 is 10.2 Å². The summed E-state index contributed by atoms with van der Waals surface area (Å²) in [6, 6.07) is 5.93. The summed E-state index contributed by atoms with van der Waals surface area (Å²) in [4.78, 5) is 17.7. The third kappa shape index (κ3) is 1.29. The number of rotatable bonds is 1. The molecule has 0 aromatic carbocycles. The maximum absolute atomic E-state index is 11.6. The molecule has 4 heteroatoms. The molecule has 1 aromatic rings. The van der Waals surface area contributed by atoms with Crippen LogP contribution in [0.2, 0.25) is 0 Å². The lowest BCUT2D eigenvalue weighted by molar-refractivity contribution is 0.206. The second-order valence-electron chi connectivity index (χ2n) is 3.79. The first kappa shape index (κ1) is 8.47. The predicted octanol–water partition coefficient (Wildman–Crippen LogP) is 1.09. The molecule has 0 aliphatic carbocycles. The van der Waals surface area contributed by atoms with Crippen molar-refractivity contribution in [2.75, 3.05) is 6.54 Å². The quantitative estimate of drug-likeness (QED) is 0.691. The van der Waals surface area contributed by atoms with Crippen molar-refractivity contribution < 1.29 is 4.79 Å². The van der Waals surface area contributed by atoms with E-state index < -0.39 is 0 Å². The third-order valence-electron chi connectivity index (χ3n) is 2.82. The molecule has 76 valence electrons. The van der Waals surface area contributed by atoms with Gasteiger partial charge in [-0.25, -0.2) is 4.79 Å². The third-order valence-corrected chi connectivity index (χ3v) is 2.82. The number of carbonyl (C=O) groups excluding carboxylic acids is 1. The lowest BCUT2D eigenvalue weighted by atomic mass is 10.1. The van der Waals surface area contributed by atoms with Gasteiger partial charge in [0, 0.05) is 12.7 Å². The number of nitrogens with zero attached hydrogens (tertiary/aromatic N) is 2. The van der Waals surface area contributed by atoms with Crippen molar-refractivity contribution in [1.29, 1.82) is 0 Å². The molecule has 0 saturated carbocycles. The zero-order valence-corrected chi connectivity index (χ0v) is 8.13. The minimum atomic E-state index is -0.00931. The molecule has 3 heterocycles. The van der Waals surface area contributed by atoms with Crippen LogP contribution in [0.4, 0.5) is 4.79 Å². The zero-order chi connectivity index (χ0) is 10.3. The summed E-state index contributed by atoms with van der Waals surface area (Å²) in [6.07, 6.45) is 5.83. The summed E-state index contributed by atoms with van der Waals surface area (Å²) < 4.78 is 0. The molecule has 15 heavy (non-hydrogen) atoms. The number of hydrogen-bond donors (Lipinski definition) is 1. The predicted molar refractivity (Wildman–Crippen MR) is 55.1 cm³/mol. The fourth-order valence-electron chi connectivity index (χ4n) is 2.08. The lowest BCUT2D eigenvalue weighted by Gasteiger charge is -2.25. The highest BCUT2D eigenvalue weighted by atomic mass is 16.2. The fraction of sp³-hybridized carbons (Fsp3) is 0.273. The Morgan fingerprint density at radius 2 is 2.33 bits per heavy atom. The van der Waals surface area contributed by atoms with Crippen molar-refractivity contribution in [2.24, 2.45) is 0 Å². The second kappa shape index (κ2) is 3.08. The van der Waals surface area contributed by atoms with E-state index in [0.29, 0.717) is 0 Å². The highest BCUT2D eigenvalue weighted by molar-refractivity contribution is 5.78. The summed E-state index contributed by atoms with van der Waals surface area (Å²) in [6.45, 7) is 0.747. The number of urea groups is 1. The minimum Gasteiger partial charge on any atom is -0.330 e. The largest absolute Gasteiger partial charge is 0.330 e. The Kier molecular flexibility index (Phi) is 1.74. The SMILES string of the molecule is O=C1NC2C=CC(c3ccccn3)N1C2. The Balaban J connectivity index is 1.97. The van der Waals surface area contributed by atoms with Crippen molar-refractivity contribution in [3.05, 3.63) is 42.2 Å². The molecule has 2 unspecified atom stereocenters. The van der Waals surface area contributed by atoms with Crippen LogP contribution in [-0.2, 0) is 0 Å². The molecule has 1 saturated heterocycles. The van der Waals surface area contributed by atoms with E-state index in [1.165, 1.54) is 0 Å². The van der Waals surface area contributed by atoms with Gasteiger partial charge in [-0.1, -0.05) is 18.2 Å². The molecule has 2 aliphatic heterocycles. The van der Waals surface area contributed by atoms with Crippen LogP contribution in [-0.4, -0.2) is 28.5 Å². The van der Waals surface area contributed by atoms with Gasteiger partial charge in [0.15, 0.2) is 0 Å². The summed E-state index contributed by atoms with van der Waals surface area (Å²) in [7, 11) is 0. The van der Waals surface area contributed by atoms with E-state index in [9.17, 15) is 4.79 Å². The number of pyridine rings is 1. The van der Waals surface area contributed by atoms with Gasteiger partial charge in [-0.2, -0.15) is 0 Å². The highest BCUT2D eigenvalue weighted by Gasteiger charge is 2.36. The van der Waals surface area contributed by atoms with Gasteiger partial charge in [0.2, 0.25) is 0 Å². The smallest absolute Gasteiger partial charge is 0.318 e. The number of carbonyl (C=O) groups is 1. The number of nitrogens with one attached hydrogen (secondary N) is 1. The van der Waals surface area contributed by atoms with Crippen molar-refractivity contribution in [3.63, 3.8) is 0 Å². The molecule has 2 amide bonds. The molecule has 1 N–H and O–H groups in total. The van der Waals surface area contributed by atoms with Crippen LogP contribution in [0.3, 0.4) is 0 Å². The van der Waals surface area contributed by atoms with Gasteiger partial charge >= 0.3 is 6.03 Å². The van der Waals surface area contributed by atoms with E-state index in [1.807, 2.05) is 35.3 Å². The molecule has 3 rings (SSSR count). The molecule has 1 fully saturated rings. The molecule has 4 nitrogen and oxygen atoms in total. The van der Waals surface area contributed by atoms with E-state index in [-0.39, 0.29) is 18.1 Å². The molecule has 0 radical (unpaired) electrons. The standard InChI is InChI=1S/C11H11N3O/c15-11-13-8-4-5-10(14(11)7-8)9-3-1-2-6-12-9/h1-6,8,10H,7H2,(H,13,15). The number of hydrogen-bond acceptors (Lipinski definition) is 2. The average Bonchev–Trinajstić information content (AvgIpc) is 2.57.